The first kappa shape index (κ1) is 11.9. The number of nitriles is 1. The first-order valence-electron chi connectivity index (χ1n) is 4.53. The molecule has 5 N–H and O–H groups in total. The van der Waals surface area contributed by atoms with Gasteiger partial charge in [-0.25, -0.2) is 4.39 Å². The van der Waals surface area contributed by atoms with E-state index < -0.39 is 17.8 Å². The molecule has 0 aliphatic rings. The molecular formula is C10H11FN4O. The van der Waals surface area contributed by atoms with Crippen LogP contribution in [0.5, 0.6) is 0 Å². The summed E-state index contributed by atoms with van der Waals surface area (Å²) in [5.74, 6) is -1.29. The van der Waals surface area contributed by atoms with Crippen LogP contribution in [0, 0.1) is 17.1 Å². The van der Waals surface area contributed by atoms with E-state index >= 15 is 0 Å². The zero-order valence-electron chi connectivity index (χ0n) is 8.40. The summed E-state index contributed by atoms with van der Waals surface area (Å²) in [7, 11) is 0. The Morgan fingerprint density at radius 1 is 1.62 bits per heavy atom. The van der Waals surface area contributed by atoms with Gasteiger partial charge in [0, 0.05) is 6.54 Å². The highest BCUT2D eigenvalue weighted by Gasteiger charge is 2.11. The quantitative estimate of drug-likeness (QED) is 0.662. The molecule has 0 saturated carbocycles. The molecular weight excluding hydrogens is 211 g/mol. The molecule has 1 aromatic carbocycles. The largest absolute Gasteiger partial charge is 0.382 e. The molecule has 0 aliphatic carbocycles. The summed E-state index contributed by atoms with van der Waals surface area (Å²) in [4.78, 5) is 10.7. The SMILES string of the molecule is N#Cc1c(F)cccc1NCC(N)C(N)=O. The lowest BCUT2D eigenvalue weighted by molar-refractivity contribution is -0.118. The van der Waals surface area contributed by atoms with E-state index in [1.54, 1.807) is 6.07 Å². The van der Waals surface area contributed by atoms with E-state index in [0.29, 0.717) is 5.69 Å². The predicted molar refractivity (Wildman–Crippen MR) is 56.8 cm³/mol. The molecule has 0 heterocycles. The topological polar surface area (TPSA) is 105 Å². The van der Waals surface area contributed by atoms with Crippen molar-refractivity contribution >= 4 is 11.6 Å². The number of rotatable bonds is 4. The number of nitrogens with zero attached hydrogens (tertiary/aromatic N) is 1. The van der Waals surface area contributed by atoms with Crippen molar-refractivity contribution in [3.8, 4) is 6.07 Å². The summed E-state index contributed by atoms with van der Waals surface area (Å²) in [5.41, 5.74) is 10.5. The van der Waals surface area contributed by atoms with Crippen molar-refractivity contribution in [2.75, 3.05) is 11.9 Å². The number of hydrogen-bond acceptors (Lipinski definition) is 4. The lowest BCUT2D eigenvalue weighted by atomic mass is 10.1. The van der Waals surface area contributed by atoms with Gasteiger partial charge >= 0.3 is 0 Å². The van der Waals surface area contributed by atoms with Crippen molar-refractivity contribution in [1.82, 2.24) is 0 Å². The average Bonchev–Trinajstić information content (AvgIpc) is 2.25. The minimum atomic E-state index is -0.880. The van der Waals surface area contributed by atoms with Gasteiger partial charge in [-0.15, -0.1) is 0 Å². The lowest BCUT2D eigenvalue weighted by Crippen LogP contribution is -2.41. The van der Waals surface area contributed by atoms with Gasteiger partial charge in [-0.3, -0.25) is 4.79 Å². The molecule has 5 nitrogen and oxygen atoms in total. The Hall–Kier alpha value is -2.13. The van der Waals surface area contributed by atoms with E-state index in [-0.39, 0.29) is 12.1 Å². The molecule has 1 atom stereocenters. The molecule has 16 heavy (non-hydrogen) atoms. The maximum Gasteiger partial charge on any atom is 0.236 e. The number of halogens is 1. The van der Waals surface area contributed by atoms with Crippen LogP contribution >= 0.6 is 0 Å². The number of nitrogens with two attached hydrogens (primary N) is 2. The van der Waals surface area contributed by atoms with Crippen LogP contribution in [0.4, 0.5) is 10.1 Å². The van der Waals surface area contributed by atoms with Crippen LogP contribution in [0.3, 0.4) is 0 Å². The maximum absolute atomic E-state index is 13.1. The fourth-order valence-electron chi connectivity index (χ4n) is 1.11. The second-order valence-corrected chi connectivity index (χ2v) is 3.16. The van der Waals surface area contributed by atoms with E-state index in [2.05, 4.69) is 5.32 Å². The molecule has 1 amide bonds. The average molecular weight is 222 g/mol. The van der Waals surface area contributed by atoms with Gasteiger partial charge in [0.25, 0.3) is 0 Å². The summed E-state index contributed by atoms with van der Waals surface area (Å²) in [6, 6.07) is 5.00. The van der Waals surface area contributed by atoms with E-state index in [4.69, 9.17) is 16.7 Å². The van der Waals surface area contributed by atoms with Crippen molar-refractivity contribution in [3.63, 3.8) is 0 Å². The molecule has 6 heteroatoms. The standard InChI is InChI=1S/C10H11FN4O/c11-7-2-1-3-9(6(7)4-12)15-5-8(13)10(14)16/h1-3,8,15H,5,13H2,(H2,14,16). The number of primary amides is 1. The summed E-state index contributed by atoms with van der Waals surface area (Å²) in [6.07, 6.45) is 0. The maximum atomic E-state index is 13.1. The van der Waals surface area contributed by atoms with Gasteiger partial charge in [0.05, 0.1) is 5.69 Å². The fourth-order valence-corrected chi connectivity index (χ4v) is 1.11. The van der Waals surface area contributed by atoms with Crippen molar-refractivity contribution in [1.29, 1.82) is 5.26 Å². The third kappa shape index (κ3) is 2.68. The second kappa shape index (κ2) is 5.09. The van der Waals surface area contributed by atoms with E-state index in [0.717, 1.165) is 0 Å². The molecule has 0 fully saturated rings. The van der Waals surface area contributed by atoms with Crippen molar-refractivity contribution < 1.29 is 9.18 Å². The molecule has 0 aromatic heterocycles. The Balaban J connectivity index is 2.79. The minimum Gasteiger partial charge on any atom is -0.382 e. The Morgan fingerprint density at radius 2 is 2.31 bits per heavy atom. The van der Waals surface area contributed by atoms with E-state index in [1.807, 2.05) is 0 Å². The molecule has 0 radical (unpaired) electrons. The smallest absolute Gasteiger partial charge is 0.236 e. The van der Waals surface area contributed by atoms with E-state index in [1.165, 1.54) is 18.2 Å². The lowest BCUT2D eigenvalue weighted by Gasteiger charge is -2.11. The molecule has 84 valence electrons. The number of anilines is 1. The molecule has 1 rings (SSSR count). The van der Waals surface area contributed by atoms with Crippen LogP contribution in [0.1, 0.15) is 5.56 Å². The highest BCUT2D eigenvalue weighted by Crippen LogP contribution is 2.17. The Bertz CT molecular complexity index is 441. The normalized spacial score (nSPS) is 11.6. The third-order valence-electron chi connectivity index (χ3n) is 2.00. The van der Waals surface area contributed by atoms with Crippen LogP contribution in [-0.4, -0.2) is 18.5 Å². The third-order valence-corrected chi connectivity index (χ3v) is 2.00. The molecule has 1 aromatic rings. The minimum absolute atomic E-state index is 0.0491. The van der Waals surface area contributed by atoms with Gasteiger partial charge in [-0.1, -0.05) is 6.07 Å². The van der Waals surface area contributed by atoms with Crippen molar-refractivity contribution in [2.45, 2.75) is 6.04 Å². The zero-order chi connectivity index (χ0) is 12.1. The van der Waals surface area contributed by atoms with Gasteiger partial charge in [0.15, 0.2) is 0 Å². The Kier molecular flexibility index (Phi) is 3.80. The highest BCUT2D eigenvalue weighted by atomic mass is 19.1. The summed E-state index contributed by atoms with van der Waals surface area (Å²) in [6.45, 7) is 0.0491. The van der Waals surface area contributed by atoms with E-state index in [9.17, 15) is 9.18 Å². The molecule has 1 unspecified atom stereocenters. The van der Waals surface area contributed by atoms with Crippen LogP contribution in [0.15, 0.2) is 18.2 Å². The molecule has 0 bridgehead atoms. The molecule has 0 spiro atoms. The second-order valence-electron chi connectivity index (χ2n) is 3.16. The number of carbonyl (C=O) groups is 1. The number of hydrogen-bond donors (Lipinski definition) is 3. The van der Waals surface area contributed by atoms with Gasteiger partial charge in [-0.05, 0) is 12.1 Å². The number of amides is 1. The van der Waals surface area contributed by atoms with Gasteiger partial charge in [0.1, 0.15) is 23.5 Å². The van der Waals surface area contributed by atoms with Crippen LogP contribution in [-0.2, 0) is 4.79 Å². The number of nitrogens with one attached hydrogen (secondary N) is 1. The first-order chi connectivity index (χ1) is 7.56. The summed E-state index contributed by atoms with van der Waals surface area (Å²) in [5, 5.41) is 11.4. The van der Waals surface area contributed by atoms with Gasteiger partial charge < -0.3 is 16.8 Å². The summed E-state index contributed by atoms with van der Waals surface area (Å²) < 4.78 is 13.1. The van der Waals surface area contributed by atoms with Crippen LogP contribution in [0.25, 0.3) is 0 Å². The number of benzene rings is 1. The van der Waals surface area contributed by atoms with Crippen LogP contribution < -0.4 is 16.8 Å². The van der Waals surface area contributed by atoms with Crippen molar-refractivity contribution in [3.05, 3.63) is 29.6 Å². The Morgan fingerprint density at radius 3 is 2.88 bits per heavy atom. The van der Waals surface area contributed by atoms with Crippen LogP contribution in [0.2, 0.25) is 0 Å². The Labute approximate surface area is 91.8 Å². The fraction of sp³-hybridized carbons (Fsp3) is 0.200. The zero-order valence-corrected chi connectivity index (χ0v) is 8.40. The van der Waals surface area contributed by atoms with Gasteiger partial charge in [-0.2, -0.15) is 5.26 Å². The predicted octanol–water partition coefficient (Wildman–Crippen LogP) is -0.0781. The molecule has 0 saturated heterocycles. The molecule has 0 aliphatic heterocycles. The van der Waals surface area contributed by atoms with Crippen molar-refractivity contribution in [2.24, 2.45) is 11.5 Å². The van der Waals surface area contributed by atoms with Gasteiger partial charge in [0.2, 0.25) is 5.91 Å². The highest BCUT2D eigenvalue weighted by molar-refractivity contribution is 5.80. The number of carbonyl (C=O) groups excluding carboxylic acids is 1. The first-order valence-corrected chi connectivity index (χ1v) is 4.53. The monoisotopic (exact) mass is 222 g/mol. The summed E-state index contributed by atoms with van der Waals surface area (Å²) >= 11 is 0.